The Labute approximate surface area is 257 Å². The molecule has 1 aromatic heterocycles. The van der Waals surface area contributed by atoms with Gasteiger partial charge in [0.2, 0.25) is 0 Å². The third-order valence-corrected chi connectivity index (χ3v) is 10.8. The van der Waals surface area contributed by atoms with Crippen LogP contribution in [-0.4, -0.2) is 8.75 Å². The molecule has 0 aliphatic rings. The van der Waals surface area contributed by atoms with Gasteiger partial charge in [0.05, 0.1) is 11.7 Å². The fraction of sp³-hybridized carbons (Fsp3) is 0.400. The van der Waals surface area contributed by atoms with Crippen LogP contribution in [0, 0.1) is 11.6 Å². The van der Waals surface area contributed by atoms with Crippen LogP contribution in [0.25, 0.3) is 33.3 Å². The Kier molecular flexibility index (Phi) is 12.1. The third-order valence-electron chi connectivity index (χ3n) is 7.13. The molecule has 3 aromatic carbocycles. The Balaban J connectivity index is 2.00. The summed E-state index contributed by atoms with van der Waals surface area (Å²) in [5, 5.41) is 0. The molecule has 0 atom stereocenters. The highest BCUT2D eigenvalue weighted by atomic mass is 79.9. The molecule has 0 aliphatic heterocycles. The first-order chi connectivity index (χ1) is 19.1. The number of hydrogen-bond acceptors (Lipinski definition) is 5. The molecule has 0 N–H and O–H groups in total. The van der Waals surface area contributed by atoms with Crippen molar-refractivity contribution in [3.63, 3.8) is 0 Å². The monoisotopic (exact) mass is 712 g/mol. The van der Waals surface area contributed by atoms with E-state index in [0.29, 0.717) is 11.1 Å². The Morgan fingerprint density at radius 3 is 1.69 bits per heavy atom. The lowest BCUT2D eigenvalue weighted by Crippen LogP contribution is -2.03. The van der Waals surface area contributed by atoms with E-state index in [9.17, 15) is 0 Å². The maximum atomic E-state index is 16.3. The van der Waals surface area contributed by atoms with Crippen molar-refractivity contribution < 1.29 is 8.78 Å². The number of halogens is 4. The lowest BCUT2D eigenvalue weighted by molar-refractivity contribution is 0.518. The van der Waals surface area contributed by atoms with Crippen LogP contribution in [0.2, 0.25) is 0 Å². The van der Waals surface area contributed by atoms with E-state index in [0.717, 1.165) is 102 Å². The zero-order valence-electron chi connectivity index (χ0n) is 22.2. The van der Waals surface area contributed by atoms with Gasteiger partial charge in [-0.05, 0) is 110 Å². The summed E-state index contributed by atoms with van der Waals surface area (Å²) in [7, 11) is 2.98. The lowest BCUT2D eigenvalue weighted by atomic mass is 9.86. The van der Waals surface area contributed by atoms with E-state index >= 15 is 8.78 Å². The fourth-order valence-electron chi connectivity index (χ4n) is 5.17. The number of rotatable bonds is 14. The SMILES string of the molecule is CCCCCCc1c(SBr)cccc1-c1c(F)c(F)c2nsnc2c1-c1cccc(SBr)c1CCCCCC. The van der Waals surface area contributed by atoms with Gasteiger partial charge in [0, 0.05) is 20.9 Å². The molecule has 208 valence electrons. The fourth-order valence-corrected chi connectivity index (χ4v) is 8.41. The van der Waals surface area contributed by atoms with Gasteiger partial charge in [-0.15, -0.1) is 0 Å². The van der Waals surface area contributed by atoms with Gasteiger partial charge in [-0.1, -0.05) is 76.6 Å². The van der Waals surface area contributed by atoms with E-state index in [-0.39, 0.29) is 11.1 Å². The second-order valence-corrected chi connectivity index (χ2v) is 13.3. The number of nitrogens with zero attached hydrogens (tertiary/aromatic N) is 2. The smallest absolute Gasteiger partial charge is 0.188 e. The minimum Gasteiger partial charge on any atom is -0.203 e. The van der Waals surface area contributed by atoms with Crippen molar-refractivity contribution in [2.24, 2.45) is 0 Å². The number of hydrogen-bond donors (Lipinski definition) is 0. The van der Waals surface area contributed by atoms with Gasteiger partial charge in [0.25, 0.3) is 0 Å². The molecule has 1 heterocycles. The Morgan fingerprint density at radius 2 is 1.18 bits per heavy atom. The highest BCUT2D eigenvalue weighted by Crippen LogP contribution is 2.47. The van der Waals surface area contributed by atoms with E-state index in [1.54, 1.807) is 0 Å². The molecule has 0 aliphatic carbocycles. The van der Waals surface area contributed by atoms with Crippen LogP contribution in [0.3, 0.4) is 0 Å². The predicted molar refractivity (Wildman–Crippen MR) is 173 cm³/mol. The molecule has 0 radical (unpaired) electrons. The number of fused-ring (bicyclic) bond motifs is 1. The molecule has 4 rings (SSSR count). The molecule has 9 heteroatoms. The molecule has 0 unspecified atom stereocenters. The van der Waals surface area contributed by atoms with Gasteiger partial charge in [0.1, 0.15) is 11.0 Å². The molecule has 0 spiro atoms. The zero-order chi connectivity index (χ0) is 27.8. The molecule has 0 bridgehead atoms. The zero-order valence-corrected chi connectivity index (χ0v) is 27.8. The van der Waals surface area contributed by atoms with Crippen molar-refractivity contribution in [3.05, 3.63) is 59.2 Å². The van der Waals surface area contributed by atoms with Crippen molar-refractivity contribution in [1.29, 1.82) is 0 Å². The van der Waals surface area contributed by atoms with E-state index in [4.69, 9.17) is 0 Å². The largest absolute Gasteiger partial charge is 0.203 e. The highest BCUT2D eigenvalue weighted by molar-refractivity contribution is 9.50. The number of benzene rings is 3. The van der Waals surface area contributed by atoms with Crippen LogP contribution in [0.4, 0.5) is 8.78 Å². The van der Waals surface area contributed by atoms with Crippen molar-refractivity contribution in [2.45, 2.75) is 87.8 Å². The van der Waals surface area contributed by atoms with Crippen LogP contribution in [0.15, 0.2) is 46.2 Å². The second kappa shape index (κ2) is 15.3. The summed E-state index contributed by atoms with van der Waals surface area (Å²) >= 11 is 8.08. The lowest BCUT2D eigenvalue weighted by Gasteiger charge is -2.21. The first-order valence-electron chi connectivity index (χ1n) is 13.5. The first kappa shape index (κ1) is 30.9. The number of aromatic nitrogens is 2. The molecule has 0 saturated carbocycles. The summed E-state index contributed by atoms with van der Waals surface area (Å²) in [6.45, 7) is 4.39. The summed E-state index contributed by atoms with van der Waals surface area (Å²) in [4.78, 5) is 2.11. The van der Waals surface area contributed by atoms with E-state index in [2.05, 4.69) is 58.3 Å². The van der Waals surface area contributed by atoms with Crippen molar-refractivity contribution >= 4 is 72.8 Å². The average Bonchev–Trinajstić information content (AvgIpc) is 3.45. The van der Waals surface area contributed by atoms with E-state index in [1.165, 1.54) is 26.8 Å². The predicted octanol–water partition coefficient (Wildman–Crippen LogP) is 12.4. The Hall–Kier alpha value is -1.000. The van der Waals surface area contributed by atoms with Gasteiger partial charge in [-0.2, -0.15) is 8.75 Å². The van der Waals surface area contributed by atoms with Gasteiger partial charge >= 0.3 is 0 Å². The quantitative estimate of drug-likeness (QED) is 0.122. The van der Waals surface area contributed by atoms with Crippen molar-refractivity contribution in [1.82, 2.24) is 8.75 Å². The van der Waals surface area contributed by atoms with Gasteiger partial charge in [-0.25, -0.2) is 8.78 Å². The maximum Gasteiger partial charge on any atom is 0.188 e. The second-order valence-electron chi connectivity index (χ2n) is 9.68. The van der Waals surface area contributed by atoms with E-state index in [1.807, 2.05) is 30.3 Å². The van der Waals surface area contributed by atoms with E-state index < -0.39 is 11.6 Å². The highest BCUT2D eigenvalue weighted by Gasteiger charge is 2.28. The normalized spacial score (nSPS) is 11.5. The van der Waals surface area contributed by atoms with Crippen LogP contribution in [0.1, 0.15) is 76.3 Å². The summed E-state index contributed by atoms with van der Waals surface area (Å²) in [6.07, 6.45) is 10.5. The van der Waals surface area contributed by atoms with Gasteiger partial charge in [0.15, 0.2) is 11.6 Å². The molecule has 0 fully saturated rings. The minimum atomic E-state index is -0.929. The first-order valence-corrected chi connectivity index (χ1v) is 19.6. The van der Waals surface area contributed by atoms with Crippen molar-refractivity contribution in [2.75, 3.05) is 0 Å². The summed E-state index contributed by atoms with van der Waals surface area (Å²) in [6, 6.07) is 12.0. The van der Waals surface area contributed by atoms with Gasteiger partial charge < -0.3 is 0 Å². The standard InChI is InChI=1S/C30H32Br2F2N2S3/c1-3-5-7-9-13-19-21(15-11-17-23(19)37-31)25-26(29-30(36-39-35-29)28(34)27(25)33)22-16-12-18-24(38-32)20(22)14-10-8-6-4-2/h11-12,15-18H,3-10,13-14H2,1-2H3. The maximum absolute atomic E-state index is 16.3. The molecule has 39 heavy (non-hydrogen) atoms. The summed E-state index contributed by atoms with van der Waals surface area (Å²) in [5.74, 6) is -1.78. The summed E-state index contributed by atoms with van der Waals surface area (Å²) < 4.78 is 40.6. The Morgan fingerprint density at radius 1 is 0.667 bits per heavy atom. The Bertz CT molecular complexity index is 1410. The minimum absolute atomic E-state index is 0.000554. The summed E-state index contributed by atoms with van der Waals surface area (Å²) in [5.41, 5.74) is 5.14. The van der Waals surface area contributed by atoms with Crippen LogP contribution >= 0.6 is 61.7 Å². The van der Waals surface area contributed by atoms with Crippen LogP contribution < -0.4 is 0 Å². The molecule has 2 nitrogen and oxygen atoms in total. The van der Waals surface area contributed by atoms with Crippen molar-refractivity contribution in [3.8, 4) is 22.3 Å². The molecular formula is C30H32Br2F2N2S3. The van der Waals surface area contributed by atoms with Crippen LogP contribution in [0.5, 0.6) is 0 Å². The number of unbranched alkanes of at least 4 members (excludes halogenated alkanes) is 6. The molecule has 0 amide bonds. The van der Waals surface area contributed by atoms with Crippen LogP contribution in [-0.2, 0) is 12.8 Å². The average molecular weight is 715 g/mol. The third kappa shape index (κ3) is 6.91. The topological polar surface area (TPSA) is 25.8 Å². The molecule has 0 saturated heterocycles. The van der Waals surface area contributed by atoms with Gasteiger partial charge in [-0.3, -0.25) is 0 Å². The molecule has 4 aromatic rings. The molecular weight excluding hydrogens is 682 g/mol.